The molecule has 2 aliphatic heterocycles. The minimum atomic E-state index is -3.52. The molecule has 5 rings (SSSR count). The molecule has 1 fully saturated rings. The third-order valence-corrected chi connectivity index (χ3v) is 8.70. The van der Waals surface area contributed by atoms with Crippen LogP contribution in [0.5, 0.6) is 5.75 Å². The molecule has 3 amide bonds. The van der Waals surface area contributed by atoms with Gasteiger partial charge in [-0.3, -0.25) is 23.5 Å². The molecule has 210 valence electrons. The van der Waals surface area contributed by atoms with Crippen LogP contribution in [-0.2, 0) is 32.6 Å². The molecule has 0 spiro atoms. The van der Waals surface area contributed by atoms with Crippen molar-refractivity contribution in [2.45, 2.75) is 64.0 Å². The summed E-state index contributed by atoms with van der Waals surface area (Å²) in [6.07, 6.45) is 1.59. The van der Waals surface area contributed by atoms with Crippen molar-refractivity contribution in [1.82, 2.24) is 14.3 Å². The molecule has 0 unspecified atom stereocenters. The maximum Gasteiger partial charge on any atom is 0.258 e. The second-order valence-electron chi connectivity index (χ2n) is 10.8. The molecule has 2 heterocycles. The second-order valence-corrected chi connectivity index (χ2v) is 12.3. The number of benzene rings is 2. The van der Waals surface area contributed by atoms with Crippen molar-refractivity contribution in [3.63, 3.8) is 0 Å². The molecule has 1 saturated heterocycles. The van der Waals surface area contributed by atoms with Crippen LogP contribution >= 0.6 is 11.0 Å². The third-order valence-electron chi connectivity index (χ3n) is 7.60. The average Bonchev–Trinajstić information content (AvgIpc) is 3.30. The smallest absolute Gasteiger partial charge is 0.258 e. The minimum Gasteiger partial charge on any atom is -0.494 e. The molecular weight excluding hydrogens is 527 g/mol. The van der Waals surface area contributed by atoms with Crippen LogP contribution in [0.3, 0.4) is 0 Å². The fraction of sp³-hybridized carbons (Fsp3) is 0.444. The Morgan fingerprint density at radius 1 is 1.21 bits per heavy atom. The Bertz CT molecular complexity index is 1350. The first-order chi connectivity index (χ1) is 18.4. The van der Waals surface area contributed by atoms with Gasteiger partial charge in [0.15, 0.2) is 0 Å². The molecule has 5 N–H and O–H groups in total. The number of amides is 3. The van der Waals surface area contributed by atoms with Gasteiger partial charge in [-0.05, 0) is 78.1 Å². The quantitative estimate of drug-likeness (QED) is 0.364. The molecule has 1 aliphatic carbocycles. The van der Waals surface area contributed by atoms with Gasteiger partial charge in [0, 0.05) is 12.2 Å². The number of ether oxygens (including phenoxy) is 1. The number of anilines is 1. The summed E-state index contributed by atoms with van der Waals surface area (Å²) in [4.78, 5) is 40.7. The van der Waals surface area contributed by atoms with Crippen molar-refractivity contribution in [3.8, 4) is 5.75 Å². The highest BCUT2D eigenvalue weighted by Gasteiger charge is 2.41. The monoisotopic (exact) mass is 560 g/mol. The summed E-state index contributed by atoms with van der Waals surface area (Å²) in [5.74, 6) is -1.46. The topological polar surface area (TPSA) is 140 Å². The van der Waals surface area contributed by atoms with E-state index in [2.05, 4.69) is 10.0 Å². The minimum absolute atomic E-state index is 0.191. The zero-order valence-electron chi connectivity index (χ0n) is 22.0. The van der Waals surface area contributed by atoms with E-state index >= 15 is 4.39 Å². The maximum atomic E-state index is 15.1. The Hall–Kier alpha value is -3.19. The van der Waals surface area contributed by atoms with Crippen LogP contribution in [0.25, 0.3) is 0 Å². The summed E-state index contributed by atoms with van der Waals surface area (Å²) in [5, 5.41) is 2.82. The van der Waals surface area contributed by atoms with Gasteiger partial charge in [0.25, 0.3) is 11.8 Å². The fourth-order valence-corrected chi connectivity index (χ4v) is 6.87. The summed E-state index contributed by atoms with van der Waals surface area (Å²) >= 11 is 0. The van der Waals surface area contributed by atoms with Gasteiger partial charge in [-0.1, -0.05) is 30.9 Å². The predicted molar refractivity (Wildman–Crippen MR) is 145 cm³/mol. The first kappa shape index (κ1) is 27.4. The van der Waals surface area contributed by atoms with Gasteiger partial charge in [0.05, 0.1) is 13.0 Å². The van der Waals surface area contributed by atoms with Crippen molar-refractivity contribution in [2.24, 2.45) is 0 Å². The number of nitrogens with one attached hydrogen (secondary N) is 3. The highest BCUT2D eigenvalue weighted by Crippen LogP contribution is 2.42. The number of carbonyl (C=O) groups excluding carboxylic acids is 3. The first-order valence-electron chi connectivity index (χ1n) is 12.9. The molecule has 0 aromatic heterocycles. The molecule has 3 aliphatic rings. The highest BCUT2D eigenvalue weighted by atomic mass is 32.3. The standard InChI is InChI=1S/C27H33FN4O6S/c1-4-38-18-5-6-19-15(12-18)8-10-32(22(33)14-21-25(34)31-39(36,37)30-21)24(19)26(35)29-17-11-16-7-9-27(2,3)23(16)20(28)13-17/h5-6,11-13,21,24,30,36-37H,4,7-10,14H2,1-3H3,(H,29,35)(H,31,34)/t21-,24+/m0/s1. The van der Waals surface area contributed by atoms with E-state index in [0.717, 1.165) is 17.5 Å². The third kappa shape index (κ3) is 5.33. The Morgan fingerprint density at radius 3 is 2.67 bits per heavy atom. The molecule has 10 nitrogen and oxygen atoms in total. The van der Waals surface area contributed by atoms with Gasteiger partial charge >= 0.3 is 0 Å². The molecule has 2 aromatic rings. The van der Waals surface area contributed by atoms with Gasteiger partial charge < -0.3 is 15.0 Å². The molecule has 12 heteroatoms. The molecule has 0 bridgehead atoms. The number of carbonyl (C=O) groups is 3. The normalized spacial score (nSPS) is 23.4. The summed E-state index contributed by atoms with van der Waals surface area (Å²) < 4.78 is 44.6. The first-order valence-corrected chi connectivity index (χ1v) is 14.5. The maximum absolute atomic E-state index is 15.1. The van der Waals surface area contributed by atoms with Crippen LogP contribution in [0, 0.1) is 5.82 Å². The summed E-state index contributed by atoms with van der Waals surface area (Å²) in [7, 11) is -3.52. The zero-order valence-corrected chi connectivity index (χ0v) is 22.9. The number of hydrogen-bond acceptors (Lipinski definition) is 7. The van der Waals surface area contributed by atoms with Crippen LogP contribution < -0.4 is 19.5 Å². The second kappa shape index (κ2) is 10.1. The van der Waals surface area contributed by atoms with Crippen LogP contribution in [-0.4, -0.2) is 50.9 Å². The Morgan fingerprint density at radius 2 is 1.97 bits per heavy atom. The van der Waals surface area contributed by atoms with Gasteiger partial charge in [-0.25, -0.2) is 9.11 Å². The van der Waals surface area contributed by atoms with E-state index in [1.54, 1.807) is 18.2 Å². The lowest BCUT2D eigenvalue weighted by Gasteiger charge is -2.37. The van der Waals surface area contributed by atoms with E-state index in [1.165, 1.54) is 11.0 Å². The predicted octanol–water partition coefficient (Wildman–Crippen LogP) is 3.57. The van der Waals surface area contributed by atoms with Gasteiger partial charge in [-0.15, -0.1) is 0 Å². The van der Waals surface area contributed by atoms with Crippen LogP contribution in [0.4, 0.5) is 10.1 Å². The zero-order chi connectivity index (χ0) is 28.1. The van der Waals surface area contributed by atoms with Crippen LogP contribution in [0.1, 0.15) is 61.9 Å². The van der Waals surface area contributed by atoms with Crippen molar-refractivity contribution < 1.29 is 32.6 Å². The van der Waals surface area contributed by atoms with E-state index in [9.17, 15) is 23.5 Å². The van der Waals surface area contributed by atoms with Crippen molar-refractivity contribution in [1.29, 1.82) is 0 Å². The average molecular weight is 561 g/mol. The number of halogens is 1. The lowest BCUT2D eigenvalue weighted by Crippen LogP contribution is -2.47. The lowest BCUT2D eigenvalue weighted by atomic mass is 9.86. The largest absolute Gasteiger partial charge is 0.494 e. The van der Waals surface area contributed by atoms with E-state index in [0.29, 0.717) is 42.0 Å². The van der Waals surface area contributed by atoms with E-state index in [1.807, 2.05) is 31.6 Å². The molecule has 2 atom stereocenters. The summed E-state index contributed by atoms with van der Waals surface area (Å²) in [6.45, 7) is 6.53. The molecule has 39 heavy (non-hydrogen) atoms. The van der Waals surface area contributed by atoms with E-state index in [-0.39, 0.29) is 24.2 Å². The van der Waals surface area contributed by atoms with Crippen LogP contribution in [0.2, 0.25) is 0 Å². The SMILES string of the molecule is CCOc1ccc2c(c1)CCN(C(=O)C[C@@H]1NS(O)(O)NC1=O)[C@H]2C(=O)Nc1cc(F)c2c(c1)CCC2(C)C. The number of hydrogen-bond donors (Lipinski definition) is 5. The number of nitrogens with zero attached hydrogens (tertiary/aromatic N) is 1. The molecular formula is C27H33FN4O6S. The highest BCUT2D eigenvalue weighted by molar-refractivity contribution is 8.21. The van der Waals surface area contributed by atoms with Gasteiger partial charge in [0.1, 0.15) is 23.7 Å². The van der Waals surface area contributed by atoms with E-state index < -0.39 is 40.8 Å². The molecule has 0 saturated carbocycles. The van der Waals surface area contributed by atoms with Crippen molar-refractivity contribution >= 4 is 34.4 Å². The van der Waals surface area contributed by atoms with E-state index in [4.69, 9.17) is 4.74 Å². The number of rotatable bonds is 6. The Kier molecular flexibility index (Phi) is 7.08. The van der Waals surface area contributed by atoms with Gasteiger partial charge in [-0.2, -0.15) is 4.72 Å². The molecule has 0 radical (unpaired) electrons. The lowest BCUT2D eigenvalue weighted by molar-refractivity contribution is -0.140. The fourth-order valence-electron chi connectivity index (χ4n) is 5.80. The van der Waals surface area contributed by atoms with Crippen molar-refractivity contribution in [3.05, 3.63) is 58.4 Å². The molecule has 2 aromatic carbocycles. The number of fused-ring (bicyclic) bond motifs is 2. The summed E-state index contributed by atoms with van der Waals surface area (Å²) in [6, 6.07) is 6.23. The van der Waals surface area contributed by atoms with Crippen molar-refractivity contribution in [2.75, 3.05) is 18.5 Å². The van der Waals surface area contributed by atoms with Gasteiger partial charge in [0.2, 0.25) is 5.91 Å². The Labute approximate surface area is 227 Å². The summed E-state index contributed by atoms with van der Waals surface area (Å²) in [5.41, 5.74) is 2.99. The number of aryl methyl sites for hydroxylation is 1. The Balaban J connectivity index is 1.44. The van der Waals surface area contributed by atoms with Crippen LogP contribution in [0.15, 0.2) is 30.3 Å².